The Morgan fingerprint density at radius 2 is 1.93 bits per heavy atom. The van der Waals surface area contributed by atoms with Gasteiger partial charge in [0.25, 0.3) is 0 Å². The summed E-state index contributed by atoms with van der Waals surface area (Å²) in [5.41, 5.74) is 0. The van der Waals surface area contributed by atoms with Crippen LogP contribution in [0.25, 0.3) is 0 Å². The molecule has 1 aliphatic rings. The summed E-state index contributed by atoms with van der Waals surface area (Å²) < 4.78 is 0. The van der Waals surface area contributed by atoms with Crippen molar-refractivity contribution in [2.24, 2.45) is 0 Å². The van der Waals surface area contributed by atoms with Crippen molar-refractivity contribution in [3.63, 3.8) is 0 Å². The van der Waals surface area contributed by atoms with Crippen molar-refractivity contribution in [3.8, 4) is 0 Å². The molecule has 3 nitrogen and oxygen atoms in total. The topological polar surface area (TPSA) is 18.5 Å². The molecule has 1 heterocycles. The SMILES string of the molecule is CC[C@@H](C)NC(=S)N1CCN(C)CC1. The summed E-state index contributed by atoms with van der Waals surface area (Å²) in [5, 5.41) is 4.28. The second kappa shape index (κ2) is 5.51. The van der Waals surface area contributed by atoms with Gasteiger partial charge < -0.3 is 15.1 Å². The summed E-state index contributed by atoms with van der Waals surface area (Å²) in [5.74, 6) is 0. The number of nitrogens with zero attached hydrogens (tertiary/aromatic N) is 2. The van der Waals surface area contributed by atoms with Crippen molar-refractivity contribution in [2.75, 3.05) is 33.2 Å². The molecule has 14 heavy (non-hydrogen) atoms. The Kier molecular flexibility index (Phi) is 4.62. The van der Waals surface area contributed by atoms with Crippen LogP contribution >= 0.6 is 12.2 Å². The Morgan fingerprint density at radius 1 is 1.36 bits per heavy atom. The predicted octanol–water partition coefficient (Wildman–Crippen LogP) is 0.907. The van der Waals surface area contributed by atoms with Gasteiger partial charge in [-0.05, 0) is 32.6 Å². The van der Waals surface area contributed by atoms with Gasteiger partial charge in [0.15, 0.2) is 5.11 Å². The van der Waals surface area contributed by atoms with E-state index in [0.29, 0.717) is 6.04 Å². The number of piperazine rings is 1. The van der Waals surface area contributed by atoms with Crippen molar-refractivity contribution in [1.29, 1.82) is 0 Å². The maximum absolute atomic E-state index is 5.35. The van der Waals surface area contributed by atoms with Crippen molar-refractivity contribution in [2.45, 2.75) is 26.3 Å². The number of nitrogens with one attached hydrogen (secondary N) is 1. The fraction of sp³-hybridized carbons (Fsp3) is 0.900. The van der Waals surface area contributed by atoms with Crippen LogP contribution in [0.3, 0.4) is 0 Å². The average Bonchev–Trinajstić information content (AvgIpc) is 2.18. The minimum atomic E-state index is 0.488. The predicted molar refractivity (Wildman–Crippen MR) is 64.6 cm³/mol. The monoisotopic (exact) mass is 215 g/mol. The lowest BCUT2D eigenvalue weighted by Crippen LogP contribution is -2.51. The van der Waals surface area contributed by atoms with E-state index in [2.05, 4.69) is 36.0 Å². The first-order chi connectivity index (χ1) is 6.63. The molecular formula is C10H21N3S. The molecule has 1 atom stereocenters. The zero-order valence-corrected chi connectivity index (χ0v) is 10.2. The fourth-order valence-corrected chi connectivity index (χ4v) is 1.80. The van der Waals surface area contributed by atoms with E-state index in [1.54, 1.807) is 0 Å². The minimum absolute atomic E-state index is 0.488. The molecule has 0 aromatic heterocycles. The second-order valence-corrected chi connectivity index (χ2v) is 4.44. The molecule has 0 aromatic carbocycles. The van der Waals surface area contributed by atoms with Crippen LogP contribution in [0.5, 0.6) is 0 Å². The van der Waals surface area contributed by atoms with Crippen molar-refractivity contribution in [1.82, 2.24) is 15.1 Å². The standard InChI is InChI=1S/C10H21N3S/c1-4-9(2)11-10(14)13-7-5-12(3)6-8-13/h9H,4-8H2,1-3H3,(H,11,14)/t9-/m1/s1. The molecule has 1 fully saturated rings. The molecule has 1 aliphatic heterocycles. The zero-order chi connectivity index (χ0) is 10.6. The summed E-state index contributed by atoms with van der Waals surface area (Å²) in [4.78, 5) is 4.60. The van der Waals surface area contributed by atoms with Crippen LogP contribution in [-0.4, -0.2) is 54.2 Å². The smallest absolute Gasteiger partial charge is 0.169 e. The van der Waals surface area contributed by atoms with Gasteiger partial charge in [-0.1, -0.05) is 6.92 Å². The Bertz CT molecular complexity index is 188. The van der Waals surface area contributed by atoms with Gasteiger partial charge in [-0.3, -0.25) is 0 Å². The van der Waals surface area contributed by atoms with Gasteiger partial charge in [0, 0.05) is 32.2 Å². The van der Waals surface area contributed by atoms with E-state index >= 15 is 0 Å². The maximum Gasteiger partial charge on any atom is 0.169 e. The van der Waals surface area contributed by atoms with Gasteiger partial charge in [-0.15, -0.1) is 0 Å². The molecule has 0 saturated carbocycles. The molecule has 1 N–H and O–H groups in total. The summed E-state index contributed by atoms with van der Waals surface area (Å²) in [6.45, 7) is 8.68. The van der Waals surface area contributed by atoms with Crippen LogP contribution in [0, 0.1) is 0 Å². The van der Waals surface area contributed by atoms with Crippen molar-refractivity contribution in [3.05, 3.63) is 0 Å². The highest BCUT2D eigenvalue weighted by Gasteiger charge is 2.16. The first-order valence-corrected chi connectivity index (χ1v) is 5.78. The average molecular weight is 215 g/mol. The third-order valence-corrected chi connectivity index (χ3v) is 3.15. The molecule has 1 saturated heterocycles. The van der Waals surface area contributed by atoms with E-state index in [9.17, 15) is 0 Å². The Morgan fingerprint density at radius 3 is 2.43 bits per heavy atom. The van der Waals surface area contributed by atoms with Crippen LogP contribution in [0.1, 0.15) is 20.3 Å². The van der Waals surface area contributed by atoms with Crippen molar-refractivity contribution >= 4 is 17.3 Å². The number of hydrogen-bond acceptors (Lipinski definition) is 2. The van der Waals surface area contributed by atoms with Crippen LogP contribution in [0.15, 0.2) is 0 Å². The Labute approximate surface area is 92.4 Å². The highest BCUT2D eigenvalue weighted by atomic mass is 32.1. The molecule has 0 spiro atoms. The lowest BCUT2D eigenvalue weighted by atomic mass is 10.3. The quantitative estimate of drug-likeness (QED) is 0.690. The zero-order valence-electron chi connectivity index (χ0n) is 9.42. The van der Waals surface area contributed by atoms with E-state index < -0.39 is 0 Å². The van der Waals surface area contributed by atoms with Crippen LogP contribution in [0.2, 0.25) is 0 Å². The number of thiocarbonyl (C=S) groups is 1. The van der Waals surface area contributed by atoms with E-state index in [-0.39, 0.29) is 0 Å². The van der Waals surface area contributed by atoms with Gasteiger partial charge in [-0.25, -0.2) is 0 Å². The van der Waals surface area contributed by atoms with Gasteiger partial charge in [0.05, 0.1) is 0 Å². The second-order valence-electron chi connectivity index (χ2n) is 4.05. The number of hydrogen-bond donors (Lipinski definition) is 1. The van der Waals surface area contributed by atoms with E-state index in [1.807, 2.05) is 0 Å². The van der Waals surface area contributed by atoms with Crippen LogP contribution < -0.4 is 5.32 Å². The number of likely N-dealkylation sites (N-methyl/N-ethyl adjacent to an activating group) is 1. The lowest BCUT2D eigenvalue weighted by molar-refractivity contribution is 0.213. The summed E-state index contributed by atoms with van der Waals surface area (Å²) >= 11 is 5.35. The molecule has 1 rings (SSSR count). The third-order valence-electron chi connectivity index (χ3n) is 2.77. The molecule has 0 amide bonds. The molecular weight excluding hydrogens is 194 g/mol. The van der Waals surface area contributed by atoms with Gasteiger partial charge in [0.1, 0.15) is 0 Å². The minimum Gasteiger partial charge on any atom is -0.360 e. The van der Waals surface area contributed by atoms with Crippen LogP contribution in [-0.2, 0) is 0 Å². The van der Waals surface area contributed by atoms with Crippen molar-refractivity contribution < 1.29 is 0 Å². The lowest BCUT2D eigenvalue weighted by Gasteiger charge is -2.35. The summed E-state index contributed by atoms with van der Waals surface area (Å²) in [6, 6.07) is 0.488. The first kappa shape index (κ1) is 11.7. The summed E-state index contributed by atoms with van der Waals surface area (Å²) in [7, 11) is 2.16. The van der Waals surface area contributed by atoms with E-state index in [1.165, 1.54) is 0 Å². The summed E-state index contributed by atoms with van der Waals surface area (Å²) in [6.07, 6.45) is 1.12. The Hall–Kier alpha value is -0.350. The van der Waals surface area contributed by atoms with Gasteiger partial charge in [0.2, 0.25) is 0 Å². The first-order valence-electron chi connectivity index (χ1n) is 5.37. The number of rotatable bonds is 2. The third kappa shape index (κ3) is 3.42. The molecule has 0 unspecified atom stereocenters. The largest absolute Gasteiger partial charge is 0.360 e. The normalized spacial score (nSPS) is 20.6. The van der Waals surface area contributed by atoms with Gasteiger partial charge >= 0.3 is 0 Å². The molecule has 0 bridgehead atoms. The van der Waals surface area contributed by atoms with E-state index in [4.69, 9.17) is 12.2 Å². The molecule has 4 heteroatoms. The highest BCUT2D eigenvalue weighted by molar-refractivity contribution is 7.80. The Balaban J connectivity index is 2.30. The maximum atomic E-state index is 5.35. The van der Waals surface area contributed by atoms with E-state index in [0.717, 1.165) is 37.7 Å². The molecule has 82 valence electrons. The molecule has 0 aromatic rings. The van der Waals surface area contributed by atoms with Crippen LogP contribution in [0.4, 0.5) is 0 Å². The fourth-order valence-electron chi connectivity index (χ4n) is 1.41. The molecule has 0 radical (unpaired) electrons. The highest BCUT2D eigenvalue weighted by Crippen LogP contribution is 2.00. The van der Waals surface area contributed by atoms with Gasteiger partial charge in [-0.2, -0.15) is 0 Å². The molecule has 0 aliphatic carbocycles.